The van der Waals surface area contributed by atoms with E-state index in [1.807, 2.05) is 43.5 Å². The van der Waals surface area contributed by atoms with Crippen molar-refractivity contribution in [3.05, 3.63) is 48.3 Å². The van der Waals surface area contributed by atoms with Gasteiger partial charge in [0.05, 0.1) is 7.11 Å². The summed E-state index contributed by atoms with van der Waals surface area (Å²) in [5.74, 6) is 2.05. The van der Waals surface area contributed by atoms with E-state index in [0.29, 0.717) is 23.2 Å². The summed E-state index contributed by atoms with van der Waals surface area (Å²) in [5, 5.41) is 7.74. The highest BCUT2D eigenvalue weighted by molar-refractivity contribution is 5.58. The van der Waals surface area contributed by atoms with Crippen LogP contribution in [0.1, 0.15) is 12.1 Å². The van der Waals surface area contributed by atoms with E-state index in [1.54, 1.807) is 7.11 Å². The minimum Gasteiger partial charge on any atom is -0.497 e. The van der Waals surface area contributed by atoms with Crippen LogP contribution >= 0.6 is 0 Å². The minimum absolute atomic E-state index is 0.293. The zero-order valence-electron chi connectivity index (χ0n) is 16.1. The van der Waals surface area contributed by atoms with Gasteiger partial charge in [0.1, 0.15) is 5.75 Å². The fraction of sp³-hybridized carbons (Fsp3) is 0.381. The third-order valence-corrected chi connectivity index (χ3v) is 5.86. The van der Waals surface area contributed by atoms with Gasteiger partial charge in [0.15, 0.2) is 0 Å². The summed E-state index contributed by atoms with van der Waals surface area (Å²) in [4.78, 5) is 11.1. The maximum atomic E-state index is 5.56. The van der Waals surface area contributed by atoms with Crippen molar-refractivity contribution in [3.8, 4) is 17.1 Å². The van der Waals surface area contributed by atoms with Gasteiger partial charge in [-0.3, -0.25) is 4.98 Å². The minimum atomic E-state index is 0.293. The standard InChI is InChI=1S/C21H23N5O2/c1-14-8-17(6-7-22-14)23-12-21-10-16(21)11-26(13-21)20-24-19(25-28-20)15-4-3-5-18(9-15)27-2/h3-9,16H,10-13H2,1-2H3,(H,22,23). The highest BCUT2D eigenvalue weighted by atomic mass is 16.5. The van der Waals surface area contributed by atoms with Crippen molar-refractivity contribution in [2.24, 2.45) is 11.3 Å². The Morgan fingerprint density at radius 1 is 1.32 bits per heavy atom. The van der Waals surface area contributed by atoms with E-state index in [2.05, 4.69) is 31.4 Å². The summed E-state index contributed by atoms with van der Waals surface area (Å²) in [6, 6.07) is 12.4. The van der Waals surface area contributed by atoms with Gasteiger partial charge in [0.2, 0.25) is 5.82 Å². The topological polar surface area (TPSA) is 76.3 Å². The number of fused-ring (bicyclic) bond motifs is 1. The van der Waals surface area contributed by atoms with E-state index in [9.17, 15) is 0 Å². The maximum Gasteiger partial charge on any atom is 0.324 e. The Balaban J connectivity index is 1.26. The highest BCUT2D eigenvalue weighted by Crippen LogP contribution is 2.58. The van der Waals surface area contributed by atoms with Crippen LogP contribution in [0.25, 0.3) is 11.4 Å². The monoisotopic (exact) mass is 377 g/mol. The first-order chi connectivity index (χ1) is 13.6. The summed E-state index contributed by atoms with van der Waals surface area (Å²) < 4.78 is 10.8. The smallest absolute Gasteiger partial charge is 0.324 e. The molecule has 0 spiro atoms. The zero-order chi connectivity index (χ0) is 19.1. The molecule has 2 unspecified atom stereocenters. The number of rotatable bonds is 6. The predicted octanol–water partition coefficient (Wildman–Crippen LogP) is 3.39. The zero-order valence-corrected chi connectivity index (χ0v) is 16.1. The Labute approximate surface area is 163 Å². The number of ether oxygens (including phenoxy) is 1. The molecule has 7 nitrogen and oxygen atoms in total. The molecule has 1 saturated carbocycles. The molecule has 1 saturated heterocycles. The third-order valence-electron chi connectivity index (χ3n) is 5.86. The number of nitrogens with one attached hydrogen (secondary N) is 1. The van der Waals surface area contributed by atoms with Gasteiger partial charge in [0, 0.05) is 48.2 Å². The summed E-state index contributed by atoms with van der Waals surface area (Å²) in [6.07, 6.45) is 3.09. The number of nitrogens with zero attached hydrogens (tertiary/aromatic N) is 4. The first-order valence-corrected chi connectivity index (χ1v) is 9.55. The van der Waals surface area contributed by atoms with Crippen molar-refractivity contribution >= 4 is 11.7 Å². The third kappa shape index (κ3) is 3.06. The van der Waals surface area contributed by atoms with E-state index in [1.165, 1.54) is 6.42 Å². The van der Waals surface area contributed by atoms with Gasteiger partial charge in [-0.25, -0.2) is 0 Å². The molecule has 0 bridgehead atoms. The average Bonchev–Trinajstić information content (AvgIpc) is 3.08. The fourth-order valence-corrected chi connectivity index (χ4v) is 4.17. The number of methoxy groups -OCH3 is 1. The first-order valence-electron chi connectivity index (χ1n) is 9.55. The lowest BCUT2D eigenvalue weighted by Crippen LogP contribution is -2.28. The summed E-state index contributed by atoms with van der Waals surface area (Å²) in [5.41, 5.74) is 3.34. The molecule has 1 aromatic carbocycles. The molecule has 1 N–H and O–H groups in total. The molecular weight excluding hydrogens is 354 g/mol. The van der Waals surface area contributed by atoms with Crippen LogP contribution in [0.2, 0.25) is 0 Å². The fourth-order valence-electron chi connectivity index (χ4n) is 4.17. The molecule has 28 heavy (non-hydrogen) atoms. The van der Waals surface area contributed by atoms with Gasteiger partial charge < -0.3 is 19.5 Å². The second kappa shape index (κ2) is 6.51. The van der Waals surface area contributed by atoms with Crippen molar-refractivity contribution in [1.82, 2.24) is 15.1 Å². The average molecular weight is 377 g/mol. The second-order valence-electron chi connectivity index (χ2n) is 7.82. The number of aromatic nitrogens is 3. The van der Waals surface area contributed by atoms with E-state index in [0.717, 1.165) is 42.3 Å². The molecule has 1 aliphatic heterocycles. The van der Waals surface area contributed by atoms with Gasteiger partial charge in [-0.2, -0.15) is 4.98 Å². The summed E-state index contributed by atoms with van der Waals surface area (Å²) in [6.45, 7) is 4.87. The van der Waals surface area contributed by atoms with Gasteiger partial charge in [-0.15, -0.1) is 0 Å². The molecule has 0 amide bonds. The number of pyridine rings is 1. The Hall–Kier alpha value is -3.09. The van der Waals surface area contributed by atoms with E-state index < -0.39 is 0 Å². The molecule has 3 aromatic rings. The normalized spacial score (nSPS) is 22.8. The highest BCUT2D eigenvalue weighted by Gasteiger charge is 2.60. The Morgan fingerprint density at radius 3 is 3.11 bits per heavy atom. The molecule has 2 atom stereocenters. The van der Waals surface area contributed by atoms with Crippen molar-refractivity contribution in [2.45, 2.75) is 13.3 Å². The molecule has 2 fully saturated rings. The molecule has 5 rings (SSSR count). The van der Waals surface area contributed by atoms with Crippen LogP contribution in [0.4, 0.5) is 11.7 Å². The molecule has 144 valence electrons. The van der Waals surface area contributed by atoms with E-state index >= 15 is 0 Å². The molecule has 1 aliphatic carbocycles. The molecule has 7 heteroatoms. The van der Waals surface area contributed by atoms with Crippen molar-refractivity contribution in [1.29, 1.82) is 0 Å². The number of anilines is 2. The SMILES string of the molecule is COc1cccc(-c2noc(N3CC4CC4(CNc4ccnc(C)c4)C3)n2)c1. The summed E-state index contributed by atoms with van der Waals surface area (Å²) in [7, 11) is 1.65. The number of benzene rings is 1. The molecular formula is C21H23N5O2. The molecule has 2 aromatic heterocycles. The van der Waals surface area contributed by atoms with Crippen LogP contribution in [0.3, 0.4) is 0 Å². The van der Waals surface area contributed by atoms with Gasteiger partial charge >= 0.3 is 6.01 Å². The first kappa shape index (κ1) is 17.0. The molecule has 0 radical (unpaired) electrons. The lowest BCUT2D eigenvalue weighted by atomic mass is 10.1. The number of hydrogen-bond donors (Lipinski definition) is 1. The van der Waals surface area contributed by atoms with E-state index in [4.69, 9.17) is 9.26 Å². The lowest BCUT2D eigenvalue weighted by molar-refractivity contribution is 0.411. The predicted molar refractivity (Wildman–Crippen MR) is 107 cm³/mol. The van der Waals surface area contributed by atoms with Crippen molar-refractivity contribution in [2.75, 3.05) is 37.0 Å². The lowest BCUT2D eigenvalue weighted by Gasteiger charge is -2.19. The van der Waals surface area contributed by atoms with Gasteiger partial charge in [-0.1, -0.05) is 17.3 Å². The Morgan fingerprint density at radius 2 is 2.25 bits per heavy atom. The Bertz CT molecular complexity index is 1000. The number of aryl methyl sites for hydroxylation is 1. The maximum absolute atomic E-state index is 5.56. The molecule has 3 heterocycles. The largest absolute Gasteiger partial charge is 0.497 e. The molecule has 2 aliphatic rings. The van der Waals surface area contributed by atoms with Crippen LogP contribution in [0, 0.1) is 18.3 Å². The number of hydrogen-bond acceptors (Lipinski definition) is 7. The van der Waals surface area contributed by atoms with Crippen LogP contribution in [-0.4, -0.2) is 41.9 Å². The second-order valence-corrected chi connectivity index (χ2v) is 7.82. The van der Waals surface area contributed by atoms with Crippen LogP contribution in [0.15, 0.2) is 47.1 Å². The van der Waals surface area contributed by atoms with Crippen LogP contribution in [0.5, 0.6) is 5.75 Å². The van der Waals surface area contributed by atoms with Crippen LogP contribution in [-0.2, 0) is 0 Å². The van der Waals surface area contributed by atoms with Crippen LogP contribution < -0.4 is 15.0 Å². The Kier molecular flexibility index (Phi) is 3.96. The summed E-state index contributed by atoms with van der Waals surface area (Å²) >= 11 is 0. The number of piperidine rings is 1. The van der Waals surface area contributed by atoms with Gasteiger partial charge in [-0.05, 0) is 43.5 Å². The quantitative estimate of drug-likeness (QED) is 0.705. The van der Waals surface area contributed by atoms with E-state index in [-0.39, 0.29) is 0 Å². The van der Waals surface area contributed by atoms with Gasteiger partial charge in [0.25, 0.3) is 0 Å². The van der Waals surface area contributed by atoms with Crippen molar-refractivity contribution < 1.29 is 9.26 Å². The van der Waals surface area contributed by atoms with Crippen molar-refractivity contribution in [3.63, 3.8) is 0 Å².